The molecule has 1 aromatic carbocycles. The molecule has 98 valence electrons. The molecule has 1 N–H and O–H groups in total. The Morgan fingerprint density at radius 1 is 0.889 bits per heavy atom. The zero-order valence-corrected chi connectivity index (χ0v) is 11.1. The van der Waals surface area contributed by atoms with Gasteiger partial charge in [-0.3, -0.25) is 0 Å². The molecule has 0 spiro atoms. The molecular formula is C17H24O. The van der Waals surface area contributed by atoms with E-state index in [1.165, 1.54) is 44.1 Å². The van der Waals surface area contributed by atoms with Gasteiger partial charge in [-0.2, -0.15) is 0 Å². The van der Waals surface area contributed by atoms with Gasteiger partial charge in [-0.25, -0.2) is 0 Å². The van der Waals surface area contributed by atoms with Gasteiger partial charge in [0.15, 0.2) is 0 Å². The van der Waals surface area contributed by atoms with Crippen LogP contribution in [0.2, 0.25) is 0 Å². The molecule has 1 heteroatoms. The van der Waals surface area contributed by atoms with Crippen molar-refractivity contribution in [3.05, 3.63) is 35.9 Å². The van der Waals surface area contributed by atoms with Gasteiger partial charge >= 0.3 is 0 Å². The van der Waals surface area contributed by atoms with Crippen LogP contribution in [0.1, 0.15) is 62.8 Å². The van der Waals surface area contributed by atoms with E-state index in [0.717, 1.165) is 12.8 Å². The number of benzene rings is 1. The number of rotatable bonds is 2. The third-order valence-corrected chi connectivity index (χ3v) is 5.19. The monoisotopic (exact) mass is 244 g/mol. The minimum absolute atomic E-state index is 0.371. The van der Waals surface area contributed by atoms with Crippen LogP contribution in [0.5, 0.6) is 0 Å². The van der Waals surface area contributed by atoms with Crippen LogP contribution >= 0.6 is 0 Å². The molecule has 1 aromatic rings. The molecule has 18 heavy (non-hydrogen) atoms. The molecule has 0 saturated heterocycles. The van der Waals surface area contributed by atoms with Crippen LogP contribution in [-0.2, 0) is 0 Å². The third-order valence-electron chi connectivity index (χ3n) is 5.19. The van der Waals surface area contributed by atoms with Crippen molar-refractivity contribution in [3.63, 3.8) is 0 Å². The van der Waals surface area contributed by atoms with Crippen LogP contribution < -0.4 is 0 Å². The average molecular weight is 244 g/mol. The lowest BCUT2D eigenvalue weighted by Crippen LogP contribution is -2.45. The summed E-state index contributed by atoms with van der Waals surface area (Å²) in [6.07, 6.45) is 9.75. The molecule has 3 rings (SSSR count). The molecule has 2 aliphatic rings. The highest BCUT2D eigenvalue weighted by molar-refractivity contribution is 5.24. The van der Waals surface area contributed by atoms with E-state index in [1.54, 1.807) is 0 Å². The molecule has 0 radical (unpaired) electrons. The van der Waals surface area contributed by atoms with Gasteiger partial charge in [-0.05, 0) is 37.2 Å². The van der Waals surface area contributed by atoms with Crippen molar-refractivity contribution in [1.29, 1.82) is 0 Å². The Labute approximate surface area is 110 Å². The summed E-state index contributed by atoms with van der Waals surface area (Å²) in [5.41, 5.74) is 0.933. The van der Waals surface area contributed by atoms with Crippen molar-refractivity contribution in [3.8, 4) is 0 Å². The Morgan fingerprint density at radius 3 is 2.28 bits per heavy atom. The van der Waals surface area contributed by atoms with Gasteiger partial charge in [0.2, 0.25) is 0 Å². The first-order valence-corrected chi connectivity index (χ1v) is 7.58. The van der Waals surface area contributed by atoms with Gasteiger partial charge in [-0.1, -0.05) is 56.0 Å². The van der Waals surface area contributed by atoms with Crippen LogP contribution in [-0.4, -0.2) is 10.7 Å². The molecular weight excluding hydrogens is 220 g/mol. The summed E-state index contributed by atoms with van der Waals surface area (Å²) < 4.78 is 0. The third kappa shape index (κ3) is 2.09. The highest BCUT2D eigenvalue weighted by atomic mass is 16.3. The van der Waals surface area contributed by atoms with Crippen LogP contribution in [0.4, 0.5) is 0 Å². The van der Waals surface area contributed by atoms with Crippen LogP contribution in [0, 0.1) is 5.92 Å². The Bertz CT molecular complexity index is 380. The van der Waals surface area contributed by atoms with Crippen LogP contribution in [0.25, 0.3) is 0 Å². The van der Waals surface area contributed by atoms with E-state index in [1.807, 2.05) is 0 Å². The maximum absolute atomic E-state index is 11.3. The number of hydrogen-bond acceptors (Lipinski definition) is 1. The Morgan fingerprint density at radius 2 is 1.56 bits per heavy atom. The van der Waals surface area contributed by atoms with Gasteiger partial charge in [-0.15, -0.1) is 0 Å². The smallest absolute Gasteiger partial charge is 0.0743 e. The summed E-state index contributed by atoms with van der Waals surface area (Å²) in [4.78, 5) is 0. The van der Waals surface area contributed by atoms with E-state index in [9.17, 15) is 5.11 Å². The van der Waals surface area contributed by atoms with E-state index < -0.39 is 5.60 Å². The van der Waals surface area contributed by atoms with Gasteiger partial charge in [0, 0.05) is 5.92 Å². The van der Waals surface area contributed by atoms with Crippen molar-refractivity contribution in [2.45, 2.75) is 62.9 Å². The number of hydrogen-bond donors (Lipinski definition) is 1. The minimum atomic E-state index is -0.421. The Balaban J connectivity index is 1.89. The predicted octanol–water partition coefficient (Wildman–Crippen LogP) is 4.27. The Hall–Kier alpha value is -0.820. The fraction of sp³-hybridized carbons (Fsp3) is 0.647. The fourth-order valence-corrected chi connectivity index (χ4v) is 4.24. The van der Waals surface area contributed by atoms with E-state index in [0.29, 0.717) is 11.8 Å². The molecule has 2 atom stereocenters. The lowest BCUT2D eigenvalue weighted by Gasteiger charge is -2.44. The zero-order valence-electron chi connectivity index (χ0n) is 11.1. The van der Waals surface area contributed by atoms with Gasteiger partial charge in [0.25, 0.3) is 0 Å². The van der Waals surface area contributed by atoms with Gasteiger partial charge in [0.1, 0.15) is 0 Å². The summed E-state index contributed by atoms with van der Waals surface area (Å²) in [6.45, 7) is 0. The maximum Gasteiger partial charge on any atom is 0.0743 e. The molecule has 2 saturated carbocycles. The normalized spacial score (nSPS) is 33.7. The van der Waals surface area contributed by atoms with Crippen molar-refractivity contribution >= 4 is 0 Å². The van der Waals surface area contributed by atoms with Crippen molar-refractivity contribution < 1.29 is 5.11 Å². The standard InChI is InChI=1S/C17H24O/c18-17(15-10-4-5-11-15)13-7-6-12-16(17)14-8-2-1-3-9-14/h1-3,8-9,15-16,18H,4-7,10-13H2. The van der Waals surface area contributed by atoms with Crippen molar-refractivity contribution in [1.82, 2.24) is 0 Å². The van der Waals surface area contributed by atoms with E-state index in [4.69, 9.17) is 0 Å². The van der Waals surface area contributed by atoms with Crippen LogP contribution in [0.3, 0.4) is 0 Å². The first-order valence-electron chi connectivity index (χ1n) is 7.58. The minimum Gasteiger partial charge on any atom is -0.389 e. The first kappa shape index (κ1) is 12.2. The molecule has 0 aromatic heterocycles. The molecule has 0 heterocycles. The van der Waals surface area contributed by atoms with Crippen LogP contribution in [0.15, 0.2) is 30.3 Å². The lowest BCUT2D eigenvalue weighted by atomic mass is 9.65. The Kier molecular flexibility index (Phi) is 3.43. The van der Waals surface area contributed by atoms with Crippen molar-refractivity contribution in [2.24, 2.45) is 5.92 Å². The summed E-state index contributed by atoms with van der Waals surface area (Å²) >= 11 is 0. The summed E-state index contributed by atoms with van der Waals surface area (Å²) in [5.74, 6) is 0.915. The highest BCUT2D eigenvalue weighted by Crippen LogP contribution is 2.49. The molecule has 2 aliphatic carbocycles. The molecule has 0 amide bonds. The fourth-order valence-electron chi connectivity index (χ4n) is 4.24. The maximum atomic E-state index is 11.3. The largest absolute Gasteiger partial charge is 0.389 e. The van der Waals surface area contributed by atoms with E-state index >= 15 is 0 Å². The molecule has 2 unspecified atom stereocenters. The lowest BCUT2D eigenvalue weighted by molar-refractivity contribution is -0.0656. The molecule has 2 fully saturated rings. The topological polar surface area (TPSA) is 20.2 Å². The SMILES string of the molecule is OC1(C2CCCC2)CCCCC1c1ccccc1. The quantitative estimate of drug-likeness (QED) is 0.824. The first-order chi connectivity index (χ1) is 8.81. The molecule has 1 nitrogen and oxygen atoms in total. The van der Waals surface area contributed by atoms with Gasteiger partial charge in [0.05, 0.1) is 5.60 Å². The second-order valence-electron chi connectivity index (χ2n) is 6.18. The number of aliphatic hydroxyl groups is 1. The van der Waals surface area contributed by atoms with E-state index in [2.05, 4.69) is 30.3 Å². The summed E-state index contributed by atoms with van der Waals surface area (Å²) in [5, 5.41) is 11.3. The second kappa shape index (κ2) is 5.05. The van der Waals surface area contributed by atoms with E-state index in [-0.39, 0.29) is 0 Å². The summed E-state index contributed by atoms with van der Waals surface area (Å²) in [6, 6.07) is 10.7. The highest BCUT2D eigenvalue weighted by Gasteiger charge is 2.46. The molecule has 0 aliphatic heterocycles. The second-order valence-corrected chi connectivity index (χ2v) is 6.18. The summed E-state index contributed by atoms with van der Waals surface area (Å²) in [7, 11) is 0. The zero-order chi connectivity index (χ0) is 12.4. The van der Waals surface area contributed by atoms with Gasteiger partial charge < -0.3 is 5.11 Å². The average Bonchev–Trinajstić information content (AvgIpc) is 2.95. The van der Waals surface area contributed by atoms with Crippen molar-refractivity contribution in [2.75, 3.05) is 0 Å². The molecule has 0 bridgehead atoms. The predicted molar refractivity (Wildman–Crippen MR) is 74.6 cm³/mol.